The molecule has 1 unspecified atom stereocenters. The average Bonchev–Trinajstić information content (AvgIpc) is 3.23. The molecule has 0 bridgehead atoms. The van der Waals surface area contributed by atoms with E-state index < -0.39 is 49.9 Å². The van der Waals surface area contributed by atoms with Gasteiger partial charge in [0.15, 0.2) is 15.9 Å². The molecule has 0 aromatic carbocycles. The van der Waals surface area contributed by atoms with Crippen LogP contribution < -0.4 is 22.0 Å². The van der Waals surface area contributed by atoms with Gasteiger partial charge in [-0.05, 0) is 19.8 Å². The summed E-state index contributed by atoms with van der Waals surface area (Å²) in [6.07, 6.45) is 5.41. The number of fused-ring (bicyclic) bond motifs is 1. The van der Waals surface area contributed by atoms with E-state index in [1.54, 1.807) is 0 Å². The van der Waals surface area contributed by atoms with Crippen molar-refractivity contribution in [2.75, 3.05) is 0 Å². The normalized spacial score (nSPS) is 24.8. The Hall–Kier alpha value is -1.97. The summed E-state index contributed by atoms with van der Waals surface area (Å²) >= 11 is 0. The van der Waals surface area contributed by atoms with Crippen molar-refractivity contribution in [2.45, 2.75) is 67.8 Å². The van der Waals surface area contributed by atoms with Gasteiger partial charge in [0, 0.05) is 51.7 Å². The van der Waals surface area contributed by atoms with E-state index in [1.807, 2.05) is 0 Å². The van der Waals surface area contributed by atoms with Crippen LogP contribution in [0.4, 0.5) is 0 Å². The molecule has 2 saturated heterocycles. The first kappa shape index (κ1) is 32.0. The van der Waals surface area contributed by atoms with Gasteiger partial charge in [0.1, 0.15) is 16.2 Å². The molecule has 1 radical (unpaired) electrons. The zero-order chi connectivity index (χ0) is 24.3. The van der Waals surface area contributed by atoms with Gasteiger partial charge in [-0.25, -0.2) is 13.2 Å². The Labute approximate surface area is 222 Å². The number of nitrogens with zero attached hydrogens (tertiary/aromatic N) is 4. The zero-order valence-electron chi connectivity index (χ0n) is 19.2. The molecular formula is C18H31N7O7SY. The third-order valence-corrected chi connectivity index (χ3v) is 8.36. The minimum absolute atomic E-state index is 0. The van der Waals surface area contributed by atoms with Gasteiger partial charge < -0.3 is 33.1 Å². The molecule has 16 heteroatoms. The molecule has 2 aliphatic heterocycles. The van der Waals surface area contributed by atoms with Gasteiger partial charge >= 0.3 is 5.97 Å². The molecular weight excluding hydrogens is 547 g/mol. The van der Waals surface area contributed by atoms with Crippen molar-refractivity contribution in [3.05, 3.63) is 19.8 Å². The van der Waals surface area contributed by atoms with E-state index in [0.717, 1.165) is 17.7 Å². The van der Waals surface area contributed by atoms with E-state index in [0.29, 0.717) is 18.7 Å². The summed E-state index contributed by atoms with van der Waals surface area (Å²) in [6, 6.07) is -2.02. The number of rotatable bonds is 9. The first-order valence-electron chi connectivity index (χ1n) is 9.85. The average molecular weight is 578 g/mol. The van der Waals surface area contributed by atoms with E-state index in [-0.39, 0.29) is 53.1 Å². The fraction of sp³-hybridized carbons (Fsp3) is 0.611. The number of amides is 1. The fourth-order valence-corrected chi connectivity index (χ4v) is 6.12. The molecule has 0 aliphatic carbocycles. The summed E-state index contributed by atoms with van der Waals surface area (Å²) in [5, 5.41) is 31.0. The number of carbonyl (C=O) groups is 3. The number of carboxylic acids is 2. The van der Waals surface area contributed by atoms with Crippen molar-refractivity contribution in [3.8, 4) is 0 Å². The molecule has 2 fully saturated rings. The van der Waals surface area contributed by atoms with Crippen LogP contribution in [-0.4, -0.2) is 79.3 Å². The Morgan fingerprint density at radius 3 is 2.50 bits per heavy atom. The maximum Gasteiger partial charge on any atom is 0.328 e. The summed E-state index contributed by atoms with van der Waals surface area (Å²) in [4.78, 5) is 34.2. The molecule has 1 aromatic heterocycles. The predicted octanol–water partition coefficient (Wildman–Crippen LogP) is -5.05. The molecule has 0 spiro atoms. The van der Waals surface area contributed by atoms with Gasteiger partial charge in [0.05, 0.1) is 25.1 Å². The molecule has 3 rings (SSSR count). The van der Waals surface area contributed by atoms with Crippen LogP contribution in [0.15, 0.2) is 12.4 Å². The Kier molecular flexibility index (Phi) is 11.9. The molecule has 2 aliphatic rings. The van der Waals surface area contributed by atoms with Gasteiger partial charge in [0.2, 0.25) is 11.7 Å². The molecule has 8 N–H and O–H groups in total. The second-order valence-corrected chi connectivity index (χ2v) is 10.6. The number of carboxylic acid groups (broad SMARTS) is 2. The number of hydrogen-bond donors (Lipinski definition) is 4. The first-order chi connectivity index (χ1) is 14.8. The molecule has 189 valence electrons. The topological polar surface area (TPSA) is 242 Å². The summed E-state index contributed by atoms with van der Waals surface area (Å²) in [5.41, 5.74) is 8.64. The third-order valence-electron chi connectivity index (χ3n) is 5.60. The second kappa shape index (κ2) is 12.7. The molecule has 4 atom stereocenters. The fourth-order valence-electron chi connectivity index (χ4n) is 3.76. The molecule has 1 amide bonds. The van der Waals surface area contributed by atoms with Crippen LogP contribution in [0.2, 0.25) is 0 Å². The predicted molar refractivity (Wildman–Crippen MR) is 112 cm³/mol. The largest absolute Gasteiger partial charge is 0.544 e. The number of aliphatic carboxylic acids is 2. The van der Waals surface area contributed by atoms with Crippen LogP contribution in [0, 0.1) is 7.43 Å². The molecule has 34 heavy (non-hydrogen) atoms. The third kappa shape index (κ3) is 6.58. The number of amidine groups is 1. The van der Waals surface area contributed by atoms with Crippen LogP contribution in [0.3, 0.4) is 0 Å². The summed E-state index contributed by atoms with van der Waals surface area (Å²) in [6.45, 7) is 1.18. The number of hydrogen-bond acceptors (Lipinski definition) is 8. The van der Waals surface area contributed by atoms with Crippen molar-refractivity contribution in [1.82, 2.24) is 19.9 Å². The molecule has 14 nitrogen and oxygen atoms in total. The van der Waals surface area contributed by atoms with Crippen molar-refractivity contribution < 1.29 is 76.9 Å². The molecule has 0 saturated carbocycles. The maximum absolute atomic E-state index is 12.5. The Balaban J connectivity index is 0.000000684. The van der Waals surface area contributed by atoms with Gasteiger partial charge in [0.25, 0.3) is 0 Å². The summed E-state index contributed by atoms with van der Waals surface area (Å²) in [5.74, 6) is -2.48. The number of sulfone groups is 1. The summed E-state index contributed by atoms with van der Waals surface area (Å²) in [7, 11) is -3.80. The van der Waals surface area contributed by atoms with Crippen molar-refractivity contribution in [3.63, 3.8) is 0 Å². The molecule has 3 heterocycles. The SMILES string of the molecule is C[C@]1(Cn2ccnn2)[C@H](C(=O)O)N2C(=O)CC2S1(=O)=O.NC(=[NH2+])CCCC[C@H]([NH3+])C(=O)[O-].[CH3-].[Y]. The van der Waals surface area contributed by atoms with Gasteiger partial charge in [-0.15, -0.1) is 5.10 Å². The van der Waals surface area contributed by atoms with Gasteiger partial charge in [-0.2, -0.15) is 0 Å². The van der Waals surface area contributed by atoms with Crippen LogP contribution >= 0.6 is 0 Å². The van der Waals surface area contributed by atoms with Gasteiger partial charge in [-0.3, -0.25) is 20.6 Å². The smallest absolute Gasteiger partial charge is 0.328 e. The number of quaternary nitrogens is 1. The number of aromatic nitrogens is 3. The van der Waals surface area contributed by atoms with E-state index in [4.69, 9.17) is 11.1 Å². The van der Waals surface area contributed by atoms with E-state index in [1.165, 1.54) is 24.0 Å². The monoisotopic (exact) mass is 578 g/mol. The minimum Gasteiger partial charge on any atom is -0.544 e. The number of β-lactam (4-membered cyclic amide) rings is 1. The summed E-state index contributed by atoms with van der Waals surface area (Å²) < 4.78 is 24.7. The zero-order valence-corrected chi connectivity index (χ0v) is 22.8. The Morgan fingerprint density at radius 1 is 1.44 bits per heavy atom. The van der Waals surface area contributed by atoms with Crippen LogP contribution in [-0.2, 0) is 63.5 Å². The Bertz CT molecular complexity index is 989. The maximum atomic E-state index is 12.5. The number of nitrogens with two attached hydrogens (primary N) is 2. The van der Waals surface area contributed by atoms with Gasteiger partial charge in [-0.1, -0.05) is 5.21 Å². The van der Waals surface area contributed by atoms with E-state index in [9.17, 15) is 33.0 Å². The number of carbonyl (C=O) groups excluding carboxylic acids is 2. The first-order valence-corrected chi connectivity index (χ1v) is 11.4. The van der Waals surface area contributed by atoms with Crippen molar-refractivity contribution in [2.24, 2.45) is 5.73 Å². The standard InChI is InChI=1S/C10H12N4O5S.C7H15N3O2.CH3.Y/c1-10(5-13-3-2-11-12-13)8(9(16)17)14-6(15)4-7(14)20(10,18)19;8-5(7(11)12)3-1-2-4-6(9)10;;/h2-3,7-8H,4-5H2,1H3,(H,16,17);5H,1-4,8H2,(H3,9,10)(H,11,12);1H3;/q;;-1;/p+1/t7?,8-,10-;5-;;/m00../s1. The van der Waals surface area contributed by atoms with Crippen LogP contribution in [0.25, 0.3) is 0 Å². The van der Waals surface area contributed by atoms with Crippen molar-refractivity contribution >= 4 is 33.5 Å². The quantitative estimate of drug-likeness (QED) is 0.0714. The van der Waals surface area contributed by atoms with Crippen molar-refractivity contribution in [1.29, 1.82) is 0 Å². The van der Waals surface area contributed by atoms with E-state index >= 15 is 0 Å². The minimum atomic E-state index is -3.80. The number of unbranched alkanes of at least 4 members (excludes halogenated alkanes) is 1. The van der Waals surface area contributed by atoms with E-state index in [2.05, 4.69) is 16.0 Å². The second-order valence-electron chi connectivity index (χ2n) is 8.00. The Morgan fingerprint density at radius 2 is 2.06 bits per heavy atom. The van der Waals surface area contributed by atoms with Crippen LogP contribution in [0.1, 0.15) is 39.0 Å². The molecule has 1 aromatic rings. The van der Waals surface area contributed by atoms with Crippen LogP contribution in [0.5, 0.6) is 0 Å².